The highest BCUT2D eigenvalue weighted by molar-refractivity contribution is 4.89. The van der Waals surface area contributed by atoms with Crippen molar-refractivity contribution in [3.8, 4) is 0 Å². The van der Waals surface area contributed by atoms with Crippen molar-refractivity contribution in [3.63, 3.8) is 0 Å². The summed E-state index contributed by atoms with van der Waals surface area (Å²) in [5.41, 5.74) is 0. The van der Waals surface area contributed by atoms with Gasteiger partial charge in [-0.2, -0.15) is 0 Å². The molecule has 0 spiro atoms. The first-order chi connectivity index (χ1) is 9.56. The molecular weight excluding hydrogens is 264 g/mol. The van der Waals surface area contributed by atoms with Crippen LogP contribution in [0.4, 0.5) is 0 Å². The smallest absolute Gasteiger partial charge is 0.186 e. The second-order valence-corrected chi connectivity index (χ2v) is 5.88. The second kappa shape index (κ2) is 7.15. The van der Waals surface area contributed by atoms with Crippen LogP contribution < -0.4 is 0 Å². The van der Waals surface area contributed by atoms with Gasteiger partial charge in [-0.05, 0) is 31.6 Å². The molecule has 0 aromatic carbocycles. The van der Waals surface area contributed by atoms with Gasteiger partial charge in [0, 0.05) is 1.43 Å². The van der Waals surface area contributed by atoms with Gasteiger partial charge in [0.15, 0.2) is 6.29 Å². The molecule has 1 saturated heterocycles. The molecule has 2 rings (SSSR count). The monoisotopic (exact) mass is 292 g/mol. The fourth-order valence-corrected chi connectivity index (χ4v) is 3.05. The summed E-state index contributed by atoms with van der Waals surface area (Å²) in [6.07, 6.45) is -0.691. The van der Waals surface area contributed by atoms with Crippen molar-refractivity contribution >= 4 is 0 Å². The van der Waals surface area contributed by atoms with E-state index in [-0.39, 0.29) is 7.53 Å². The molecule has 1 saturated carbocycles. The Labute approximate surface area is 120 Å². The Kier molecular flexibility index (Phi) is 5.77. The Balaban J connectivity index is 0.00000220. The van der Waals surface area contributed by atoms with Crippen molar-refractivity contribution < 1.29 is 31.3 Å². The molecule has 0 aromatic rings. The van der Waals surface area contributed by atoms with Crippen molar-refractivity contribution in [2.75, 3.05) is 6.61 Å². The predicted molar refractivity (Wildman–Crippen MR) is 73.0 cm³/mol. The van der Waals surface area contributed by atoms with Gasteiger partial charge in [-0.15, -0.1) is 0 Å². The van der Waals surface area contributed by atoms with E-state index in [0.717, 1.165) is 31.6 Å². The first-order valence-electron chi connectivity index (χ1n) is 7.52. The average Bonchev–Trinajstić information content (AvgIpc) is 2.48. The van der Waals surface area contributed by atoms with Gasteiger partial charge in [0.2, 0.25) is 0 Å². The fourth-order valence-electron chi connectivity index (χ4n) is 3.05. The van der Waals surface area contributed by atoms with Crippen LogP contribution in [0.25, 0.3) is 0 Å². The third kappa shape index (κ3) is 3.50. The number of aliphatic hydroxyl groups excluding tert-OH is 4. The second-order valence-electron chi connectivity index (χ2n) is 5.88. The summed E-state index contributed by atoms with van der Waals surface area (Å²) >= 11 is 0. The Morgan fingerprint density at radius 3 is 2.25 bits per heavy atom. The minimum Gasteiger partial charge on any atom is -0.394 e. The zero-order valence-electron chi connectivity index (χ0n) is 11.9. The molecule has 20 heavy (non-hydrogen) atoms. The average molecular weight is 292 g/mol. The molecule has 2 aliphatic rings. The van der Waals surface area contributed by atoms with E-state index < -0.39 is 37.3 Å². The molecule has 0 bridgehead atoms. The number of aliphatic hydroxyl groups is 4. The number of ether oxygens (including phenoxy) is 2. The molecule has 4 N–H and O–H groups in total. The highest BCUT2D eigenvalue weighted by Crippen LogP contribution is 2.31. The van der Waals surface area contributed by atoms with Gasteiger partial charge in [-0.25, -0.2) is 0 Å². The van der Waals surface area contributed by atoms with Crippen molar-refractivity contribution in [2.24, 2.45) is 5.92 Å². The third-order valence-electron chi connectivity index (χ3n) is 4.55. The van der Waals surface area contributed by atoms with E-state index in [0.29, 0.717) is 0 Å². The fraction of sp³-hybridized carbons (Fsp3) is 1.00. The lowest BCUT2D eigenvalue weighted by molar-refractivity contribution is -0.313. The van der Waals surface area contributed by atoms with E-state index >= 15 is 0 Å². The summed E-state index contributed by atoms with van der Waals surface area (Å²) in [5, 5.41) is 38.4. The Hall–Kier alpha value is -0.240. The molecule has 1 heterocycles. The maximum absolute atomic E-state index is 9.91. The Bertz CT molecular complexity index is 295. The van der Waals surface area contributed by atoms with Gasteiger partial charge in [-0.3, -0.25) is 0 Å². The van der Waals surface area contributed by atoms with Gasteiger partial charge < -0.3 is 29.9 Å². The zero-order chi connectivity index (χ0) is 14.7. The molecule has 0 amide bonds. The normalized spacial score (nSPS) is 46.4. The Morgan fingerprint density at radius 1 is 1.05 bits per heavy atom. The lowest BCUT2D eigenvalue weighted by atomic mass is 9.86. The van der Waals surface area contributed by atoms with E-state index in [1.165, 1.54) is 6.42 Å². The number of hydrogen-bond donors (Lipinski definition) is 4. The van der Waals surface area contributed by atoms with Gasteiger partial charge in [0.1, 0.15) is 24.4 Å². The van der Waals surface area contributed by atoms with E-state index in [1.54, 1.807) is 0 Å². The van der Waals surface area contributed by atoms with Crippen LogP contribution in [-0.2, 0) is 9.47 Å². The van der Waals surface area contributed by atoms with Crippen molar-refractivity contribution in [2.45, 2.75) is 75.8 Å². The van der Waals surface area contributed by atoms with Crippen LogP contribution in [-0.4, -0.2) is 63.8 Å². The third-order valence-corrected chi connectivity index (χ3v) is 4.55. The van der Waals surface area contributed by atoms with Crippen molar-refractivity contribution in [1.82, 2.24) is 0 Å². The van der Waals surface area contributed by atoms with E-state index in [2.05, 4.69) is 6.92 Å². The molecule has 120 valence electrons. The molecule has 6 heteroatoms. The van der Waals surface area contributed by atoms with Crippen molar-refractivity contribution in [3.05, 3.63) is 0 Å². The van der Waals surface area contributed by atoms with Crippen LogP contribution in [0, 0.1) is 5.92 Å². The molecule has 1 aliphatic heterocycles. The van der Waals surface area contributed by atoms with Gasteiger partial charge in [0.25, 0.3) is 0 Å². The van der Waals surface area contributed by atoms with E-state index in [1.807, 2.05) is 0 Å². The maximum Gasteiger partial charge on any atom is 0.186 e. The topological polar surface area (TPSA) is 99.4 Å². The van der Waals surface area contributed by atoms with Crippen LogP contribution in [0.5, 0.6) is 0 Å². The van der Waals surface area contributed by atoms with Crippen LogP contribution in [0.3, 0.4) is 0 Å². The summed E-state index contributed by atoms with van der Waals surface area (Å²) in [6.45, 7) is 1.76. The minimum absolute atomic E-state index is 0. The first-order valence-corrected chi connectivity index (χ1v) is 7.52. The zero-order valence-corrected chi connectivity index (χ0v) is 11.9. The SMILES string of the molecule is CCC1CCC(OC2OC(CO)C(O)C(O)C2O)CC1.[HH]. The minimum atomic E-state index is -1.36. The van der Waals surface area contributed by atoms with E-state index in [4.69, 9.17) is 14.6 Å². The molecule has 6 nitrogen and oxygen atoms in total. The first kappa shape index (κ1) is 16.1. The standard InChI is InChI=1S/C14H26O6.H2/c1-2-8-3-5-9(6-4-8)19-14-13(18)12(17)11(16)10(7-15)20-14;/h8-18H,2-7H2,1H3;1H. The lowest BCUT2D eigenvalue weighted by Crippen LogP contribution is -2.59. The van der Waals surface area contributed by atoms with Crippen molar-refractivity contribution in [1.29, 1.82) is 0 Å². The largest absolute Gasteiger partial charge is 0.394 e. The van der Waals surface area contributed by atoms with Crippen LogP contribution >= 0.6 is 0 Å². The molecule has 2 fully saturated rings. The van der Waals surface area contributed by atoms with Gasteiger partial charge in [-0.1, -0.05) is 13.3 Å². The highest BCUT2D eigenvalue weighted by atomic mass is 16.7. The predicted octanol–water partition coefficient (Wildman–Crippen LogP) is 0.0177. The van der Waals surface area contributed by atoms with Crippen LogP contribution in [0.15, 0.2) is 0 Å². The molecule has 0 aromatic heterocycles. The molecular formula is C14H28O6. The summed E-state index contributed by atoms with van der Waals surface area (Å²) < 4.78 is 11.1. The molecule has 5 unspecified atom stereocenters. The molecule has 0 radical (unpaired) electrons. The lowest BCUT2D eigenvalue weighted by Gasteiger charge is -2.41. The van der Waals surface area contributed by atoms with Gasteiger partial charge in [0.05, 0.1) is 12.7 Å². The highest BCUT2D eigenvalue weighted by Gasteiger charge is 2.44. The van der Waals surface area contributed by atoms with Gasteiger partial charge >= 0.3 is 0 Å². The summed E-state index contributed by atoms with van der Waals surface area (Å²) in [4.78, 5) is 0. The molecule has 1 aliphatic carbocycles. The number of rotatable bonds is 4. The summed E-state index contributed by atoms with van der Waals surface area (Å²) in [6, 6.07) is 0. The van der Waals surface area contributed by atoms with E-state index in [9.17, 15) is 15.3 Å². The van der Waals surface area contributed by atoms with Crippen LogP contribution in [0.2, 0.25) is 0 Å². The molecule has 5 atom stereocenters. The Morgan fingerprint density at radius 2 is 1.70 bits per heavy atom. The maximum atomic E-state index is 9.91. The quantitative estimate of drug-likeness (QED) is 0.583. The summed E-state index contributed by atoms with van der Waals surface area (Å²) in [7, 11) is 0. The number of hydrogen-bond acceptors (Lipinski definition) is 6. The summed E-state index contributed by atoms with van der Waals surface area (Å²) in [5.74, 6) is 0.740. The van der Waals surface area contributed by atoms with Crippen LogP contribution in [0.1, 0.15) is 40.5 Å².